The molecule has 0 spiro atoms. The standard InChI is InChI=1S/C22H22N2O4S/c1-15-9-11-23(12-10-15)20(25)14-24-21(26)19(29-22(24)27)13-17-7-8-18(28-17)16-5-3-2-4-6-16/h2-8,13,15H,9-12,14H2,1H3/b19-13-. The summed E-state index contributed by atoms with van der Waals surface area (Å²) >= 11 is 0.839. The van der Waals surface area contributed by atoms with Gasteiger partial charge in [-0.05, 0) is 42.7 Å². The van der Waals surface area contributed by atoms with Crippen molar-refractivity contribution in [3.05, 3.63) is 53.1 Å². The molecule has 2 aliphatic rings. The van der Waals surface area contributed by atoms with E-state index in [2.05, 4.69) is 6.92 Å². The van der Waals surface area contributed by atoms with E-state index in [9.17, 15) is 14.4 Å². The number of carbonyl (C=O) groups excluding carboxylic acids is 3. The predicted octanol–water partition coefficient (Wildman–Crippen LogP) is 4.24. The maximum Gasteiger partial charge on any atom is 0.294 e. The molecule has 2 aromatic rings. The molecule has 150 valence electrons. The summed E-state index contributed by atoms with van der Waals surface area (Å²) in [6, 6.07) is 13.2. The topological polar surface area (TPSA) is 70.8 Å². The Morgan fingerprint density at radius 2 is 1.86 bits per heavy atom. The second-order valence-corrected chi connectivity index (χ2v) is 8.39. The van der Waals surface area contributed by atoms with E-state index in [1.165, 1.54) is 0 Å². The van der Waals surface area contributed by atoms with Gasteiger partial charge in [0.2, 0.25) is 5.91 Å². The highest BCUT2D eigenvalue weighted by atomic mass is 32.2. The van der Waals surface area contributed by atoms with Gasteiger partial charge in [0.05, 0.1) is 4.91 Å². The van der Waals surface area contributed by atoms with Crippen LogP contribution in [0, 0.1) is 5.92 Å². The zero-order valence-electron chi connectivity index (χ0n) is 16.2. The fourth-order valence-corrected chi connectivity index (χ4v) is 4.27. The van der Waals surface area contributed by atoms with Crippen LogP contribution in [-0.4, -0.2) is 46.5 Å². The molecular formula is C22H22N2O4S. The molecule has 3 amide bonds. The van der Waals surface area contributed by atoms with Crippen molar-refractivity contribution < 1.29 is 18.8 Å². The number of thioether (sulfide) groups is 1. The summed E-state index contributed by atoms with van der Waals surface area (Å²) in [5, 5.41) is -0.421. The number of rotatable bonds is 4. The molecule has 0 atom stereocenters. The Balaban J connectivity index is 1.44. The van der Waals surface area contributed by atoms with Gasteiger partial charge in [0, 0.05) is 24.7 Å². The van der Waals surface area contributed by atoms with Crippen LogP contribution in [0.25, 0.3) is 17.4 Å². The first-order valence-electron chi connectivity index (χ1n) is 9.69. The molecule has 0 unspecified atom stereocenters. The van der Waals surface area contributed by atoms with Gasteiger partial charge in [0.1, 0.15) is 18.1 Å². The lowest BCUT2D eigenvalue weighted by Crippen LogP contribution is -2.45. The largest absolute Gasteiger partial charge is 0.457 e. The van der Waals surface area contributed by atoms with Gasteiger partial charge in [-0.1, -0.05) is 37.3 Å². The van der Waals surface area contributed by atoms with Crippen LogP contribution in [0.2, 0.25) is 0 Å². The Kier molecular flexibility index (Phi) is 5.58. The van der Waals surface area contributed by atoms with Crippen molar-refractivity contribution in [3.63, 3.8) is 0 Å². The van der Waals surface area contributed by atoms with Crippen molar-refractivity contribution in [3.8, 4) is 11.3 Å². The average molecular weight is 410 g/mol. The minimum atomic E-state index is -0.448. The Labute approximate surface area is 173 Å². The van der Waals surface area contributed by atoms with Crippen LogP contribution in [-0.2, 0) is 9.59 Å². The quantitative estimate of drug-likeness (QED) is 0.705. The molecule has 0 aliphatic carbocycles. The highest BCUT2D eigenvalue weighted by Crippen LogP contribution is 2.33. The number of likely N-dealkylation sites (tertiary alicyclic amines) is 1. The first-order valence-corrected chi connectivity index (χ1v) is 10.5. The first-order chi connectivity index (χ1) is 14.0. The lowest BCUT2D eigenvalue weighted by Gasteiger charge is -2.31. The van der Waals surface area contributed by atoms with E-state index in [-0.39, 0.29) is 17.4 Å². The third-order valence-corrected chi connectivity index (χ3v) is 6.17. The molecule has 2 saturated heterocycles. The van der Waals surface area contributed by atoms with Crippen molar-refractivity contribution in [1.82, 2.24) is 9.80 Å². The van der Waals surface area contributed by atoms with Gasteiger partial charge in [-0.15, -0.1) is 0 Å². The molecule has 1 aromatic carbocycles. The van der Waals surface area contributed by atoms with Crippen LogP contribution in [0.1, 0.15) is 25.5 Å². The van der Waals surface area contributed by atoms with Gasteiger partial charge in [-0.2, -0.15) is 0 Å². The summed E-state index contributed by atoms with van der Waals surface area (Å²) in [7, 11) is 0. The monoisotopic (exact) mass is 410 g/mol. The van der Waals surface area contributed by atoms with Crippen molar-refractivity contribution in [2.45, 2.75) is 19.8 Å². The van der Waals surface area contributed by atoms with Gasteiger partial charge < -0.3 is 9.32 Å². The molecule has 0 saturated carbocycles. The van der Waals surface area contributed by atoms with Gasteiger partial charge in [0.15, 0.2) is 0 Å². The average Bonchev–Trinajstić information content (AvgIpc) is 3.30. The third-order valence-electron chi connectivity index (χ3n) is 5.26. The number of piperidine rings is 1. The number of imide groups is 1. The predicted molar refractivity (Wildman–Crippen MR) is 112 cm³/mol. The highest BCUT2D eigenvalue weighted by Gasteiger charge is 2.37. The van der Waals surface area contributed by atoms with E-state index in [1.807, 2.05) is 36.4 Å². The summed E-state index contributed by atoms with van der Waals surface area (Å²) in [6.07, 6.45) is 3.47. The normalized spacial score (nSPS) is 19.4. The molecule has 3 heterocycles. The molecule has 1 aromatic heterocycles. The highest BCUT2D eigenvalue weighted by molar-refractivity contribution is 8.18. The molecule has 4 rings (SSSR count). The third kappa shape index (κ3) is 4.29. The van der Waals surface area contributed by atoms with E-state index in [1.54, 1.807) is 17.0 Å². The number of nitrogens with zero attached hydrogens (tertiary/aromatic N) is 2. The van der Waals surface area contributed by atoms with Crippen LogP contribution in [0.15, 0.2) is 51.8 Å². The smallest absolute Gasteiger partial charge is 0.294 e. The van der Waals surface area contributed by atoms with Gasteiger partial charge >= 0.3 is 0 Å². The lowest BCUT2D eigenvalue weighted by molar-refractivity contribution is -0.136. The van der Waals surface area contributed by atoms with Gasteiger partial charge in [0.25, 0.3) is 11.1 Å². The maximum absolute atomic E-state index is 12.7. The van der Waals surface area contributed by atoms with E-state index < -0.39 is 11.1 Å². The minimum absolute atomic E-state index is 0.176. The first kappa shape index (κ1) is 19.5. The molecule has 29 heavy (non-hydrogen) atoms. The van der Waals surface area contributed by atoms with Crippen LogP contribution >= 0.6 is 11.8 Å². The maximum atomic E-state index is 12.7. The molecule has 2 aliphatic heterocycles. The number of hydrogen-bond donors (Lipinski definition) is 0. The Morgan fingerprint density at radius 1 is 1.14 bits per heavy atom. The summed E-state index contributed by atoms with van der Waals surface area (Å²) in [6.45, 7) is 3.33. The van der Waals surface area contributed by atoms with Crippen LogP contribution in [0.3, 0.4) is 0 Å². The van der Waals surface area contributed by atoms with E-state index in [0.717, 1.165) is 35.1 Å². The van der Waals surface area contributed by atoms with Crippen molar-refractivity contribution >= 4 is 34.9 Å². The molecule has 0 N–H and O–H groups in total. The van der Waals surface area contributed by atoms with E-state index >= 15 is 0 Å². The fraction of sp³-hybridized carbons (Fsp3) is 0.318. The zero-order chi connectivity index (χ0) is 20.4. The minimum Gasteiger partial charge on any atom is -0.457 e. The molecular weight excluding hydrogens is 388 g/mol. The Hall–Kier alpha value is -2.80. The fourth-order valence-electron chi connectivity index (χ4n) is 3.45. The van der Waals surface area contributed by atoms with Crippen molar-refractivity contribution in [2.75, 3.05) is 19.6 Å². The second kappa shape index (κ2) is 8.29. The van der Waals surface area contributed by atoms with Crippen LogP contribution in [0.4, 0.5) is 4.79 Å². The Bertz CT molecular complexity index is 958. The summed E-state index contributed by atoms with van der Waals surface area (Å²) < 4.78 is 5.79. The van der Waals surface area contributed by atoms with Gasteiger partial charge in [-0.25, -0.2) is 0 Å². The van der Waals surface area contributed by atoms with Crippen molar-refractivity contribution in [2.24, 2.45) is 5.92 Å². The summed E-state index contributed by atoms with van der Waals surface area (Å²) in [5.74, 6) is 1.16. The van der Waals surface area contributed by atoms with Gasteiger partial charge in [-0.3, -0.25) is 19.3 Å². The second-order valence-electron chi connectivity index (χ2n) is 7.40. The molecule has 0 radical (unpaired) electrons. The number of carbonyl (C=O) groups is 3. The molecule has 7 heteroatoms. The zero-order valence-corrected chi connectivity index (χ0v) is 17.0. The van der Waals surface area contributed by atoms with E-state index in [0.29, 0.717) is 30.5 Å². The SMILES string of the molecule is CC1CCN(C(=O)CN2C(=O)S/C(=C\c3ccc(-c4ccccc4)o3)C2=O)CC1. The number of furan rings is 1. The summed E-state index contributed by atoms with van der Waals surface area (Å²) in [4.78, 5) is 40.5. The number of hydrogen-bond acceptors (Lipinski definition) is 5. The molecule has 0 bridgehead atoms. The number of amides is 3. The summed E-state index contributed by atoms with van der Waals surface area (Å²) in [5.41, 5.74) is 0.932. The van der Waals surface area contributed by atoms with Crippen molar-refractivity contribution in [1.29, 1.82) is 0 Å². The molecule has 2 fully saturated rings. The molecule has 6 nitrogen and oxygen atoms in total. The van der Waals surface area contributed by atoms with Crippen LogP contribution in [0.5, 0.6) is 0 Å². The Morgan fingerprint density at radius 3 is 2.59 bits per heavy atom. The number of benzene rings is 1. The van der Waals surface area contributed by atoms with Crippen LogP contribution < -0.4 is 0 Å². The van der Waals surface area contributed by atoms with E-state index in [4.69, 9.17) is 4.42 Å². The lowest BCUT2D eigenvalue weighted by atomic mass is 9.99.